The minimum Gasteiger partial charge on any atom is -0.462 e. The van der Waals surface area contributed by atoms with Gasteiger partial charge in [-0.15, -0.1) is 0 Å². The van der Waals surface area contributed by atoms with Crippen LogP contribution >= 0.6 is 11.9 Å². The summed E-state index contributed by atoms with van der Waals surface area (Å²) in [6, 6.07) is 0. The molecule has 0 aromatic rings. The Labute approximate surface area is 399 Å². The first-order valence-corrected chi connectivity index (χ1v) is 26.8. The van der Waals surface area contributed by atoms with Crippen LogP contribution in [0.2, 0.25) is 0 Å². The molecule has 0 aromatic carbocycles. The topological polar surface area (TPSA) is 164 Å². The first-order valence-electron chi connectivity index (χ1n) is 25.9. The molecule has 0 rings (SSSR count). The van der Waals surface area contributed by atoms with E-state index in [4.69, 9.17) is 28.4 Å². The molecule has 0 spiro atoms. The monoisotopic (exact) mass is 946 g/mol. The molecular formula is C51H95NO12S. The summed E-state index contributed by atoms with van der Waals surface area (Å²) in [5.74, 6) is -2.14. The Kier molecular flexibility index (Phi) is 43.7. The molecule has 0 radical (unpaired) electrons. The van der Waals surface area contributed by atoms with Crippen LogP contribution in [0.4, 0.5) is 0 Å². The lowest BCUT2D eigenvalue weighted by molar-refractivity contribution is -0.173. The third-order valence-corrected chi connectivity index (χ3v) is 12.3. The molecule has 382 valence electrons. The van der Waals surface area contributed by atoms with Crippen LogP contribution in [-0.2, 0) is 52.4 Å². The van der Waals surface area contributed by atoms with E-state index in [0.29, 0.717) is 19.3 Å². The van der Waals surface area contributed by atoms with Crippen LogP contribution in [0.25, 0.3) is 0 Å². The highest BCUT2D eigenvalue weighted by molar-refractivity contribution is 7.97. The Morgan fingerprint density at radius 3 is 1.09 bits per heavy atom. The molecule has 3 unspecified atom stereocenters. The minimum absolute atomic E-state index is 0.0238. The average Bonchev–Trinajstić information content (AvgIpc) is 3.28. The molecule has 0 aromatic heterocycles. The number of carbonyl (C=O) groups excluding carboxylic acids is 5. The van der Waals surface area contributed by atoms with Crippen molar-refractivity contribution in [1.82, 2.24) is 4.31 Å². The molecule has 65 heavy (non-hydrogen) atoms. The number of nitrogens with zero attached hydrogens (tertiary/aromatic N) is 1. The van der Waals surface area contributed by atoms with Gasteiger partial charge in [-0.1, -0.05) is 168 Å². The zero-order chi connectivity index (χ0) is 48.2. The normalized spacial score (nSPS) is 12.8. The van der Waals surface area contributed by atoms with Crippen molar-refractivity contribution in [3.8, 4) is 0 Å². The highest BCUT2D eigenvalue weighted by Gasteiger charge is 2.24. The van der Waals surface area contributed by atoms with E-state index in [9.17, 15) is 29.1 Å². The van der Waals surface area contributed by atoms with Gasteiger partial charge in [0.05, 0.1) is 6.61 Å². The summed E-state index contributed by atoms with van der Waals surface area (Å²) in [5.41, 5.74) is 0. The first-order chi connectivity index (χ1) is 31.4. The van der Waals surface area contributed by atoms with E-state index in [0.717, 1.165) is 116 Å². The Morgan fingerprint density at radius 2 is 0.738 bits per heavy atom. The molecule has 0 aliphatic rings. The Hall–Kier alpha value is -2.42. The summed E-state index contributed by atoms with van der Waals surface area (Å²) < 4.78 is 35.5. The van der Waals surface area contributed by atoms with Gasteiger partial charge in [0.2, 0.25) is 0 Å². The highest BCUT2D eigenvalue weighted by Crippen LogP contribution is 2.24. The molecule has 0 saturated carbocycles. The smallest absolute Gasteiger partial charge is 0.306 e. The summed E-state index contributed by atoms with van der Waals surface area (Å²) in [7, 11) is 3.76. The molecule has 3 atom stereocenters. The fourth-order valence-electron chi connectivity index (χ4n) is 7.15. The summed E-state index contributed by atoms with van der Waals surface area (Å²) in [4.78, 5) is 64.1. The van der Waals surface area contributed by atoms with Gasteiger partial charge >= 0.3 is 29.8 Å². The van der Waals surface area contributed by atoms with Crippen LogP contribution in [0.1, 0.15) is 233 Å². The number of esters is 5. The Morgan fingerprint density at radius 1 is 0.415 bits per heavy atom. The van der Waals surface area contributed by atoms with Gasteiger partial charge < -0.3 is 33.5 Å². The molecule has 0 aliphatic carbocycles. The number of unbranched alkanes of at least 4 members (excludes halogenated alkanes) is 20. The third kappa shape index (κ3) is 42.7. The van der Waals surface area contributed by atoms with Crippen LogP contribution in [0.15, 0.2) is 0 Å². The van der Waals surface area contributed by atoms with Gasteiger partial charge in [0, 0.05) is 37.4 Å². The van der Waals surface area contributed by atoms with Crippen molar-refractivity contribution in [3.63, 3.8) is 0 Å². The number of carbonyl (C=O) groups is 5. The maximum atomic E-state index is 13.2. The molecule has 0 heterocycles. The number of hydrogen-bond acceptors (Lipinski definition) is 14. The molecule has 14 heteroatoms. The van der Waals surface area contributed by atoms with Crippen molar-refractivity contribution in [1.29, 1.82) is 0 Å². The van der Waals surface area contributed by atoms with Crippen molar-refractivity contribution in [3.05, 3.63) is 0 Å². The predicted octanol–water partition coefficient (Wildman–Crippen LogP) is 11.9. The zero-order valence-corrected chi connectivity index (χ0v) is 42.9. The number of ether oxygens (including phenoxy) is 6. The van der Waals surface area contributed by atoms with Gasteiger partial charge in [0.15, 0.2) is 18.5 Å². The van der Waals surface area contributed by atoms with E-state index in [1.807, 2.05) is 18.4 Å². The lowest BCUT2D eigenvalue weighted by atomic mass is 10.1. The van der Waals surface area contributed by atoms with Crippen molar-refractivity contribution in [2.45, 2.75) is 257 Å². The largest absolute Gasteiger partial charge is 0.462 e. The average molecular weight is 946 g/mol. The lowest BCUT2D eigenvalue weighted by Crippen LogP contribution is -2.32. The molecule has 0 saturated heterocycles. The van der Waals surface area contributed by atoms with Crippen molar-refractivity contribution >= 4 is 41.8 Å². The molecule has 1 N–H and O–H groups in total. The molecular weight excluding hydrogens is 851 g/mol. The van der Waals surface area contributed by atoms with E-state index >= 15 is 0 Å². The Balaban J connectivity index is 5.35. The highest BCUT2D eigenvalue weighted by atomic mass is 32.2. The second kappa shape index (κ2) is 45.4. The zero-order valence-electron chi connectivity index (χ0n) is 42.1. The van der Waals surface area contributed by atoms with Gasteiger partial charge in [0.1, 0.15) is 19.8 Å². The first kappa shape index (κ1) is 62.6. The summed E-state index contributed by atoms with van der Waals surface area (Å²) in [6.07, 6.45) is 24.4. The molecule has 0 aliphatic heterocycles. The lowest BCUT2D eigenvalue weighted by Gasteiger charge is -2.22. The molecule has 0 bridgehead atoms. The second-order valence-corrected chi connectivity index (χ2v) is 19.4. The van der Waals surface area contributed by atoms with E-state index in [-0.39, 0.29) is 81.7 Å². The van der Waals surface area contributed by atoms with Crippen LogP contribution in [0, 0.1) is 0 Å². The van der Waals surface area contributed by atoms with Crippen molar-refractivity contribution in [2.75, 3.05) is 40.5 Å². The predicted molar refractivity (Wildman–Crippen MR) is 260 cm³/mol. The van der Waals surface area contributed by atoms with Gasteiger partial charge in [-0.25, -0.2) is 0 Å². The standard InChI is InChI=1S/C51H95NO12S/c1-7-11-15-19-23-27-31-46(53)59-39-43(40-60-47(54)32-28-24-20-16-12-8-2)63-50(57)37-35-45(65-52(5)6)36-38-51(58)64-44(41-61-48(55)33-29-25-21-17-13-9-3)42-62-49(56)34-30-26-22-18-14-10-4/h43-46,53H,7-42H2,1-6H3. The summed E-state index contributed by atoms with van der Waals surface area (Å²) in [6.45, 7) is 7.96. The number of aliphatic hydroxyl groups excluding tert-OH is 1. The van der Waals surface area contributed by atoms with E-state index in [2.05, 4.69) is 27.7 Å². The van der Waals surface area contributed by atoms with E-state index < -0.39 is 30.4 Å². The third-order valence-electron chi connectivity index (χ3n) is 11.1. The van der Waals surface area contributed by atoms with Crippen molar-refractivity contribution in [2.24, 2.45) is 0 Å². The Bertz CT molecular complexity index is 1140. The fourth-order valence-corrected chi connectivity index (χ4v) is 8.19. The van der Waals surface area contributed by atoms with Gasteiger partial charge in [-0.3, -0.25) is 28.3 Å². The van der Waals surface area contributed by atoms with Crippen LogP contribution < -0.4 is 0 Å². The fraction of sp³-hybridized carbons (Fsp3) is 0.902. The maximum absolute atomic E-state index is 13.2. The van der Waals surface area contributed by atoms with Crippen LogP contribution in [-0.4, -0.2) is 104 Å². The number of aliphatic hydroxyl groups is 1. The molecule has 13 nitrogen and oxygen atoms in total. The van der Waals surface area contributed by atoms with Gasteiger partial charge in [-0.05, 0) is 59.0 Å². The summed E-state index contributed by atoms with van der Waals surface area (Å²) in [5, 5.41) is 10.4. The second-order valence-electron chi connectivity index (χ2n) is 17.8. The van der Waals surface area contributed by atoms with Crippen LogP contribution in [0.5, 0.6) is 0 Å². The SMILES string of the molecule is CCCCCCCCC(=O)OCC(COC(=O)CCCCCCCC)OC(=O)CCC(CCC(=O)OC(COC(=O)CCCCCCCC)COC(O)CCCCCCCC)SN(C)C. The number of rotatable bonds is 47. The number of hydrogen-bond donors (Lipinski definition) is 1. The van der Waals surface area contributed by atoms with Crippen LogP contribution in [0.3, 0.4) is 0 Å². The van der Waals surface area contributed by atoms with Gasteiger partial charge in [0.25, 0.3) is 0 Å². The summed E-state index contributed by atoms with van der Waals surface area (Å²) >= 11 is 1.48. The van der Waals surface area contributed by atoms with Crippen molar-refractivity contribution < 1.29 is 57.5 Å². The quantitative estimate of drug-likeness (QED) is 0.0201. The van der Waals surface area contributed by atoms with E-state index in [1.165, 1.54) is 50.5 Å². The molecule has 0 amide bonds. The maximum Gasteiger partial charge on any atom is 0.306 e. The minimum atomic E-state index is -1.02. The molecule has 0 fully saturated rings. The van der Waals surface area contributed by atoms with Gasteiger partial charge in [-0.2, -0.15) is 0 Å². The van der Waals surface area contributed by atoms with E-state index in [1.54, 1.807) is 0 Å².